The van der Waals surface area contributed by atoms with Crippen molar-refractivity contribution in [3.05, 3.63) is 76.3 Å². The Hall–Kier alpha value is 5.00. The zero-order valence-electron chi connectivity index (χ0n) is 33.7. The molecule has 6 heterocycles. The van der Waals surface area contributed by atoms with Crippen molar-refractivity contribution < 1.29 is 19.1 Å². The second-order valence-corrected chi connectivity index (χ2v) is 39.5. The third-order valence-electron chi connectivity index (χ3n) is 7.13. The van der Waals surface area contributed by atoms with Gasteiger partial charge in [-0.2, -0.15) is 0 Å². The first-order valence-corrected chi connectivity index (χ1v) is 40.2. The summed E-state index contributed by atoms with van der Waals surface area (Å²) in [6, 6.07) is 0. The van der Waals surface area contributed by atoms with Crippen LogP contribution in [-0.4, -0.2) is 85.4 Å². The minimum Gasteiger partial charge on any atom is -0.469 e. The number of esters is 2. The van der Waals surface area contributed by atoms with Crippen LogP contribution in [0.25, 0.3) is 0 Å². The summed E-state index contributed by atoms with van der Waals surface area (Å²) in [4.78, 5) is 24.0. The van der Waals surface area contributed by atoms with E-state index in [1.54, 1.807) is 23.5 Å². The predicted molar refractivity (Wildman–Crippen MR) is 334 cm³/mol. The van der Waals surface area contributed by atoms with Crippen molar-refractivity contribution in [3.63, 3.8) is 0 Å². The van der Waals surface area contributed by atoms with E-state index in [2.05, 4.69) is 37.5 Å². The normalized spacial score (nSPS) is 19.9. The Labute approximate surface area is 468 Å². The van der Waals surface area contributed by atoms with E-state index in [0.29, 0.717) is 24.3 Å². The van der Waals surface area contributed by atoms with Gasteiger partial charge in [0.2, 0.25) is 0 Å². The summed E-state index contributed by atoms with van der Waals surface area (Å²) < 4.78 is 34.4. The lowest BCUT2D eigenvalue weighted by atomic mass is 10.5. The first-order chi connectivity index (χ1) is 30.1. The van der Waals surface area contributed by atoms with Crippen LogP contribution >= 0.6 is 282 Å². The number of hydrogen-bond acceptors (Lipinski definition) is 28. The fourth-order valence-corrected chi connectivity index (χ4v) is 38.8. The van der Waals surface area contributed by atoms with Crippen LogP contribution in [-0.2, 0) is 19.1 Å². The average Bonchev–Trinajstić information content (AvgIpc) is 4.15. The molecule has 4 nitrogen and oxygen atoms in total. The van der Waals surface area contributed by atoms with Gasteiger partial charge in [0, 0.05) is 21.7 Å². The average molecular weight is 1280 g/mol. The van der Waals surface area contributed by atoms with E-state index in [0.717, 1.165) is 10.2 Å². The van der Waals surface area contributed by atoms with Gasteiger partial charge in [-0.1, -0.05) is 141 Å². The Morgan fingerprint density at radius 3 is 0.726 bits per heavy atom. The first-order valence-electron chi connectivity index (χ1n) is 17.1. The van der Waals surface area contributed by atoms with E-state index in [-0.39, 0.29) is 11.9 Å². The summed E-state index contributed by atoms with van der Waals surface area (Å²) in [6.45, 7) is 0. The maximum absolute atomic E-state index is 12.0. The third-order valence-corrected chi connectivity index (χ3v) is 41.2. The molecule has 0 unspecified atom stereocenters. The van der Waals surface area contributed by atoms with E-state index in [1.165, 1.54) is 90.5 Å². The molecule has 6 rings (SSSR count). The molecular formula is C34H36O4S24. The molecule has 0 fully saturated rings. The van der Waals surface area contributed by atoms with Gasteiger partial charge in [-0.3, -0.25) is 9.59 Å². The van der Waals surface area contributed by atoms with Crippen LogP contribution in [0.2, 0.25) is 0 Å². The van der Waals surface area contributed by atoms with Crippen molar-refractivity contribution in [2.45, 2.75) is 12.8 Å². The third kappa shape index (κ3) is 16.0. The Balaban J connectivity index is 1.17. The number of hydrogen-bond donors (Lipinski definition) is 0. The van der Waals surface area contributed by atoms with Gasteiger partial charge in [0.25, 0.3) is 0 Å². The molecule has 0 radical (unpaired) electrons. The Morgan fingerprint density at radius 2 is 0.532 bits per heavy atom. The minimum absolute atomic E-state index is 0.164. The molecule has 0 spiro atoms. The number of rotatable bonds is 22. The quantitative estimate of drug-likeness (QED) is 0.0763. The lowest BCUT2D eigenvalue weighted by Crippen LogP contribution is -2.00. The van der Waals surface area contributed by atoms with Gasteiger partial charge in [-0.05, 0) is 37.5 Å². The summed E-state index contributed by atoms with van der Waals surface area (Å²) in [5.41, 5.74) is 0. The number of carbonyl (C=O) groups is 2. The lowest BCUT2D eigenvalue weighted by molar-refractivity contribution is -0.140. The Kier molecular flexibility index (Phi) is 26.9. The molecule has 0 aromatic rings. The summed E-state index contributed by atoms with van der Waals surface area (Å²) in [7, 11) is 2.93. The van der Waals surface area contributed by atoms with Crippen LogP contribution in [0.5, 0.6) is 0 Å². The maximum Gasteiger partial charge on any atom is 0.306 e. The molecule has 6 aliphatic rings. The van der Waals surface area contributed by atoms with Gasteiger partial charge in [-0.15, -0.1) is 141 Å². The summed E-state index contributed by atoms with van der Waals surface area (Å²) in [5.74, 6) is 1.08. The summed E-state index contributed by atoms with van der Waals surface area (Å²) >= 11 is 45.2. The molecule has 0 aliphatic carbocycles. The SMILES string of the molecule is COC(=O)CCSC1=C(SCSC2=C(SCSC3=C(SCCC(=O)OC)SC(=C4SC(SC)=C(SC)S4)S3)SC(=C3SC(SC)=C(SC)S3)S2)SC(=C2SC(SC)=C(SC)S2)S1. The molecule has 0 aromatic carbocycles. The van der Waals surface area contributed by atoms with Crippen molar-refractivity contribution in [1.82, 2.24) is 0 Å². The zero-order valence-corrected chi connectivity index (χ0v) is 53.3. The molecule has 340 valence electrons. The number of thioether (sulfide) groups is 24. The molecule has 0 atom stereocenters. The van der Waals surface area contributed by atoms with Crippen molar-refractivity contribution in [1.29, 1.82) is 0 Å². The van der Waals surface area contributed by atoms with Crippen LogP contribution < -0.4 is 0 Å². The minimum atomic E-state index is -0.164. The highest BCUT2D eigenvalue weighted by Crippen LogP contribution is 2.70. The lowest BCUT2D eigenvalue weighted by Gasteiger charge is -2.07. The van der Waals surface area contributed by atoms with Crippen molar-refractivity contribution in [2.75, 3.05) is 73.4 Å². The number of carbonyl (C=O) groups excluding carboxylic acids is 2. The first kappa shape index (κ1) is 56.3. The number of methoxy groups -OCH3 is 2. The van der Waals surface area contributed by atoms with Gasteiger partial charge < -0.3 is 9.47 Å². The highest BCUT2D eigenvalue weighted by molar-refractivity contribution is 8.49. The topological polar surface area (TPSA) is 52.6 Å². The van der Waals surface area contributed by atoms with Gasteiger partial charge in [0.05, 0.1) is 103 Å². The molecule has 28 heteroatoms. The van der Waals surface area contributed by atoms with Crippen molar-refractivity contribution in [3.8, 4) is 0 Å². The van der Waals surface area contributed by atoms with Crippen LogP contribution in [0.3, 0.4) is 0 Å². The van der Waals surface area contributed by atoms with Gasteiger partial charge >= 0.3 is 11.9 Å². The smallest absolute Gasteiger partial charge is 0.306 e. The van der Waals surface area contributed by atoms with Crippen molar-refractivity contribution >= 4 is 294 Å². The van der Waals surface area contributed by atoms with Crippen LogP contribution in [0.15, 0.2) is 76.3 Å². The molecule has 6 aliphatic heterocycles. The fraction of sp³-hybridized carbons (Fsp3) is 0.412. The van der Waals surface area contributed by atoms with E-state index in [4.69, 9.17) is 9.47 Å². The van der Waals surface area contributed by atoms with E-state index in [1.807, 2.05) is 259 Å². The number of ether oxygens (including phenoxy) is 2. The van der Waals surface area contributed by atoms with Gasteiger partial charge in [0.15, 0.2) is 0 Å². The maximum atomic E-state index is 12.0. The largest absolute Gasteiger partial charge is 0.469 e. The summed E-state index contributed by atoms with van der Waals surface area (Å²) in [5, 5.41) is 1.80. The molecule has 0 saturated carbocycles. The Bertz CT molecular complexity index is 1870. The second kappa shape index (κ2) is 29.6. The molecule has 0 bridgehead atoms. The molecular weight excluding hydrogens is 1240 g/mol. The highest BCUT2D eigenvalue weighted by Gasteiger charge is 2.34. The predicted octanol–water partition coefficient (Wildman–Crippen LogP) is 19.6. The van der Waals surface area contributed by atoms with Gasteiger partial charge in [0.1, 0.15) is 0 Å². The van der Waals surface area contributed by atoms with E-state index < -0.39 is 0 Å². The van der Waals surface area contributed by atoms with Gasteiger partial charge in [-0.25, -0.2) is 0 Å². The van der Waals surface area contributed by atoms with E-state index in [9.17, 15) is 9.59 Å². The van der Waals surface area contributed by atoms with Crippen molar-refractivity contribution in [2.24, 2.45) is 0 Å². The molecule has 0 aromatic heterocycles. The zero-order chi connectivity index (χ0) is 44.2. The highest BCUT2D eigenvalue weighted by atomic mass is 32.3. The van der Waals surface area contributed by atoms with Crippen LogP contribution in [0.4, 0.5) is 0 Å². The molecule has 0 saturated heterocycles. The van der Waals surface area contributed by atoms with E-state index >= 15 is 0 Å². The monoisotopic (exact) mass is 1280 g/mol. The molecule has 62 heavy (non-hydrogen) atoms. The molecule has 0 N–H and O–H groups in total. The molecule has 0 amide bonds. The Morgan fingerprint density at radius 1 is 0.339 bits per heavy atom. The fourth-order valence-electron chi connectivity index (χ4n) is 4.35. The van der Waals surface area contributed by atoms with Crippen LogP contribution in [0, 0.1) is 0 Å². The summed E-state index contributed by atoms with van der Waals surface area (Å²) in [6.07, 6.45) is 13.8. The van der Waals surface area contributed by atoms with Crippen LogP contribution in [0.1, 0.15) is 12.8 Å². The standard InChI is InChI=1S/C34H36O4S24/c1-37-15(35)9-11-45-23-25(59-32(57-23)29-51-17(39-3)18(40-4)52-29)47-13-49-27-28(62-34(61-27)31-55-21(43-7)22(44-8)56-31)50-14-48-26-24(46-12-10-16(36)38-2)58-33(60-26)30-53-19(41-5)20(42-6)54-30/h9-14H2,1-8H3. The second-order valence-electron chi connectivity index (χ2n) is 10.8.